The van der Waals surface area contributed by atoms with Crippen molar-refractivity contribution in [1.29, 1.82) is 0 Å². The summed E-state index contributed by atoms with van der Waals surface area (Å²) in [7, 11) is 0. The number of hydrogen-bond donors (Lipinski definition) is 2. The summed E-state index contributed by atoms with van der Waals surface area (Å²) in [6, 6.07) is 19.8. The van der Waals surface area contributed by atoms with Gasteiger partial charge >= 0.3 is 0 Å². The van der Waals surface area contributed by atoms with Crippen LogP contribution in [0.15, 0.2) is 78.3 Å². The zero-order valence-electron chi connectivity index (χ0n) is 17.0. The number of amides is 1. The van der Waals surface area contributed by atoms with E-state index in [0.29, 0.717) is 16.3 Å². The first-order chi connectivity index (χ1) is 15.6. The van der Waals surface area contributed by atoms with Gasteiger partial charge in [-0.2, -0.15) is 0 Å². The monoisotopic (exact) mass is 461 g/mol. The third-order valence-corrected chi connectivity index (χ3v) is 6.62. The van der Waals surface area contributed by atoms with Crippen molar-refractivity contribution in [3.8, 4) is 0 Å². The number of nitrogens with zero attached hydrogens (tertiary/aromatic N) is 1. The van der Waals surface area contributed by atoms with Crippen molar-refractivity contribution in [2.75, 3.05) is 10.6 Å². The maximum atomic E-state index is 13.4. The Morgan fingerprint density at radius 3 is 2.75 bits per heavy atom. The Bertz CT molecular complexity index is 1290. The van der Waals surface area contributed by atoms with Gasteiger partial charge in [0.1, 0.15) is 6.04 Å². The summed E-state index contributed by atoms with van der Waals surface area (Å²) in [5, 5.41) is 9.97. The number of aromatic nitrogens is 1. The number of benzene rings is 2. The first-order valence-electron chi connectivity index (χ1n) is 10.2. The number of ketones is 1. The maximum absolute atomic E-state index is 13.4. The quantitative estimate of drug-likeness (QED) is 0.370. The first-order valence-corrected chi connectivity index (χ1v) is 11.5. The lowest BCUT2D eigenvalue weighted by molar-refractivity contribution is -0.115. The standard InChI is InChI=1S/C25H20ClN3O2S/c26-19-4-1-3-16(13-19)14-22(30)27-20-8-6-17(7-9-20)24(31)23-21-5-2-11-29(21)15-18-10-12-32-25(18)28-23/h1-13,23,28H,14-15H2,(H,27,30). The zero-order valence-corrected chi connectivity index (χ0v) is 18.6. The van der Waals surface area contributed by atoms with Crippen LogP contribution in [-0.2, 0) is 17.8 Å². The van der Waals surface area contributed by atoms with Crippen molar-refractivity contribution in [3.05, 3.63) is 106 Å². The minimum atomic E-state index is -0.465. The van der Waals surface area contributed by atoms with E-state index in [1.807, 2.05) is 35.8 Å². The fourth-order valence-electron chi connectivity index (χ4n) is 3.93. The van der Waals surface area contributed by atoms with E-state index >= 15 is 0 Å². The highest BCUT2D eigenvalue weighted by atomic mass is 35.5. The Balaban J connectivity index is 1.31. The molecule has 2 aromatic heterocycles. The van der Waals surface area contributed by atoms with Gasteiger partial charge in [0.15, 0.2) is 5.78 Å². The Hall–Kier alpha value is -3.35. The number of rotatable bonds is 5. The van der Waals surface area contributed by atoms with E-state index in [0.717, 1.165) is 22.8 Å². The SMILES string of the molecule is O=C(Cc1cccc(Cl)c1)Nc1ccc(C(=O)C2Nc3sccc3Cn3cccc32)cc1. The maximum Gasteiger partial charge on any atom is 0.228 e. The normalized spacial score (nSPS) is 14.6. The average Bonchev–Trinajstić information content (AvgIpc) is 3.39. The molecule has 1 aliphatic heterocycles. The predicted molar refractivity (Wildman–Crippen MR) is 129 cm³/mol. The smallest absolute Gasteiger partial charge is 0.228 e. The van der Waals surface area contributed by atoms with Crippen LogP contribution < -0.4 is 10.6 Å². The predicted octanol–water partition coefficient (Wildman–Crippen LogP) is 5.78. The lowest BCUT2D eigenvalue weighted by atomic mass is 10.0. The number of thiophene rings is 1. The van der Waals surface area contributed by atoms with E-state index in [9.17, 15) is 9.59 Å². The van der Waals surface area contributed by atoms with Gasteiger partial charge in [-0.3, -0.25) is 9.59 Å². The van der Waals surface area contributed by atoms with Crippen molar-refractivity contribution in [2.45, 2.75) is 19.0 Å². The molecule has 2 aromatic carbocycles. The van der Waals surface area contributed by atoms with E-state index < -0.39 is 6.04 Å². The molecule has 1 atom stereocenters. The minimum Gasteiger partial charge on any atom is -0.362 e. The second kappa shape index (κ2) is 8.65. The zero-order chi connectivity index (χ0) is 22.1. The van der Waals surface area contributed by atoms with Crippen molar-refractivity contribution < 1.29 is 9.59 Å². The molecule has 1 amide bonds. The number of anilines is 2. The van der Waals surface area contributed by atoms with Gasteiger partial charge in [-0.15, -0.1) is 11.3 Å². The van der Waals surface area contributed by atoms with Crippen LogP contribution in [0.3, 0.4) is 0 Å². The molecule has 0 radical (unpaired) electrons. The van der Waals surface area contributed by atoms with Crippen LogP contribution in [0.4, 0.5) is 10.7 Å². The molecule has 1 unspecified atom stereocenters. The molecule has 160 valence electrons. The van der Waals surface area contributed by atoms with E-state index in [2.05, 4.69) is 21.3 Å². The van der Waals surface area contributed by atoms with Crippen molar-refractivity contribution in [2.24, 2.45) is 0 Å². The summed E-state index contributed by atoms with van der Waals surface area (Å²) in [5.41, 5.74) is 4.20. The molecule has 5 nitrogen and oxygen atoms in total. The number of hydrogen-bond acceptors (Lipinski definition) is 4. The van der Waals surface area contributed by atoms with Crippen LogP contribution in [0.25, 0.3) is 0 Å². The van der Waals surface area contributed by atoms with E-state index in [-0.39, 0.29) is 18.1 Å². The molecule has 7 heteroatoms. The molecular weight excluding hydrogens is 442 g/mol. The number of fused-ring (bicyclic) bond motifs is 2. The van der Waals surface area contributed by atoms with Gasteiger partial charge in [0.2, 0.25) is 5.91 Å². The number of carbonyl (C=O) groups is 2. The third-order valence-electron chi connectivity index (χ3n) is 5.49. The number of carbonyl (C=O) groups excluding carboxylic acids is 2. The Labute approximate surface area is 194 Å². The van der Waals surface area contributed by atoms with Crippen LogP contribution in [0.5, 0.6) is 0 Å². The molecule has 0 fully saturated rings. The van der Waals surface area contributed by atoms with Crippen LogP contribution in [0, 0.1) is 0 Å². The molecule has 0 saturated carbocycles. The largest absolute Gasteiger partial charge is 0.362 e. The molecule has 5 rings (SSSR count). The summed E-state index contributed by atoms with van der Waals surface area (Å²) in [5.74, 6) is -0.150. The van der Waals surface area contributed by atoms with E-state index in [4.69, 9.17) is 11.6 Å². The molecular formula is C25H20ClN3O2S. The Morgan fingerprint density at radius 2 is 1.94 bits per heavy atom. The fraction of sp³-hybridized carbons (Fsp3) is 0.120. The highest BCUT2D eigenvalue weighted by Crippen LogP contribution is 2.34. The van der Waals surface area contributed by atoms with Gasteiger partial charge in [-0.05, 0) is 65.5 Å². The first kappa shape index (κ1) is 20.5. The van der Waals surface area contributed by atoms with Gasteiger partial charge < -0.3 is 15.2 Å². The van der Waals surface area contributed by atoms with Crippen molar-refractivity contribution in [3.63, 3.8) is 0 Å². The topological polar surface area (TPSA) is 63.1 Å². The fourth-order valence-corrected chi connectivity index (χ4v) is 4.98. The molecule has 0 bridgehead atoms. The summed E-state index contributed by atoms with van der Waals surface area (Å²) in [4.78, 5) is 25.7. The van der Waals surface area contributed by atoms with Gasteiger partial charge in [0.05, 0.1) is 18.0 Å². The lowest BCUT2D eigenvalue weighted by Crippen LogP contribution is -2.22. The van der Waals surface area contributed by atoms with Gasteiger partial charge in [-0.1, -0.05) is 23.7 Å². The van der Waals surface area contributed by atoms with Crippen LogP contribution >= 0.6 is 22.9 Å². The van der Waals surface area contributed by atoms with Crippen LogP contribution in [-0.4, -0.2) is 16.3 Å². The minimum absolute atomic E-state index is 0.0111. The Kier molecular flexibility index (Phi) is 5.55. The molecule has 32 heavy (non-hydrogen) atoms. The van der Waals surface area contributed by atoms with E-state index in [1.165, 1.54) is 5.56 Å². The highest BCUT2D eigenvalue weighted by Gasteiger charge is 2.28. The number of halogens is 1. The van der Waals surface area contributed by atoms with Gasteiger partial charge in [-0.25, -0.2) is 0 Å². The second-order valence-electron chi connectivity index (χ2n) is 7.71. The molecule has 1 aliphatic rings. The summed E-state index contributed by atoms with van der Waals surface area (Å²) in [6.07, 6.45) is 2.23. The van der Waals surface area contributed by atoms with Crippen molar-refractivity contribution >= 4 is 45.3 Å². The number of Topliss-reactive ketones (excluding diaryl/α,β-unsaturated/α-hetero) is 1. The third kappa shape index (κ3) is 4.20. The molecule has 4 aromatic rings. The Morgan fingerprint density at radius 1 is 1.09 bits per heavy atom. The molecule has 3 heterocycles. The summed E-state index contributed by atoms with van der Waals surface area (Å²) >= 11 is 7.59. The van der Waals surface area contributed by atoms with Gasteiger partial charge in [0, 0.05) is 33.7 Å². The molecule has 2 N–H and O–H groups in total. The molecule has 0 aliphatic carbocycles. The van der Waals surface area contributed by atoms with Gasteiger partial charge in [0.25, 0.3) is 0 Å². The highest BCUT2D eigenvalue weighted by molar-refractivity contribution is 7.14. The van der Waals surface area contributed by atoms with E-state index in [1.54, 1.807) is 47.7 Å². The lowest BCUT2D eigenvalue weighted by Gasteiger charge is -2.17. The van der Waals surface area contributed by atoms with Crippen LogP contribution in [0.2, 0.25) is 5.02 Å². The number of nitrogens with one attached hydrogen (secondary N) is 2. The second-order valence-corrected chi connectivity index (χ2v) is 9.06. The summed E-state index contributed by atoms with van der Waals surface area (Å²) in [6.45, 7) is 0.746. The van der Waals surface area contributed by atoms with Crippen molar-refractivity contribution in [1.82, 2.24) is 4.57 Å². The molecule has 0 saturated heterocycles. The van der Waals surface area contributed by atoms with Crippen LogP contribution in [0.1, 0.15) is 33.2 Å². The molecule has 0 spiro atoms. The summed E-state index contributed by atoms with van der Waals surface area (Å²) < 4.78 is 2.11. The average molecular weight is 462 g/mol.